The molecular weight excluding hydrogens is 276 g/mol. The van der Waals surface area contributed by atoms with Gasteiger partial charge in [0.2, 0.25) is 5.91 Å². The van der Waals surface area contributed by atoms with E-state index in [2.05, 4.69) is 12.2 Å². The van der Waals surface area contributed by atoms with Crippen molar-refractivity contribution in [1.82, 2.24) is 5.32 Å². The minimum absolute atomic E-state index is 0. The van der Waals surface area contributed by atoms with Crippen LogP contribution in [0.15, 0.2) is 24.3 Å². The van der Waals surface area contributed by atoms with Crippen LogP contribution in [0.4, 0.5) is 5.69 Å². The predicted molar refractivity (Wildman–Crippen MR) is 85.1 cm³/mol. The average molecular weight is 301 g/mol. The summed E-state index contributed by atoms with van der Waals surface area (Å²) in [4.78, 5) is 11.9. The molecule has 1 rings (SSSR count). The van der Waals surface area contributed by atoms with Crippen molar-refractivity contribution in [3.63, 3.8) is 0 Å². The molecule has 0 spiro atoms. The fourth-order valence-corrected chi connectivity index (χ4v) is 1.95. The van der Waals surface area contributed by atoms with Crippen molar-refractivity contribution in [3.8, 4) is 0 Å². The van der Waals surface area contributed by atoms with Crippen LogP contribution in [0.1, 0.15) is 31.7 Å². The highest BCUT2D eigenvalue weighted by Gasteiger charge is 2.12. The van der Waals surface area contributed by atoms with E-state index >= 15 is 0 Å². The summed E-state index contributed by atoms with van der Waals surface area (Å²) in [6.45, 7) is 2.70. The average Bonchev–Trinajstić information content (AvgIpc) is 2.39. The van der Waals surface area contributed by atoms with Gasteiger partial charge in [-0.15, -0.1) is 12.4 Å². The Morgan fingerprint density at radius 3 is 2.55 bits per heavy atom. The fourth-order valence-electron chi connectivity index (χ4n) is 1.95. The number of nitrogens with two attached hydrogens (primary N) is 1. The molecule has 3 N–H and O–H groups in total. The highest BCUT2D eigenvalue weighted by atomic mass is 35.5. The molecule has 0 radical (unpaired) electrons. The van der Waals surface area contributed by atoms with E-state index < -0.39 is 0 Å². The lowest BCUT2D eigenvalue weighted by Gasteiger charge is -2.17. The van der Waals surface area contributed by atoms with Crippen LogP contribution in [0.25, 0.3) is 0 Å². The molecule has 1 unspecified atom stereocenters. The number of benzene rings is 1. The van der Waals surface area contributed by atoms with Crippen molar-refractivity contribution >= 4 is 24.0 Å². The molecule has 0 saturated carbocycles. The van der Waals surface area contributed by atoms with Gasteiger partial charge in [0.1, 0.15) is 0 Å². The number of amides is 1. The lowest BCUT2D eigenvalue weighted by Crippen LogP contribution is -2.38. The van der Waals surface area contributed by atoms with Crippen molar-refractivity contribution in [2.75, 3.05) is 19.5 Å². The van der Waals surface area contributed by atoms with E-state index in [1.807, 2.05) is 24.3 Å². The molecule has 0 aliphatic heterocycles. The number of nitrogens with one attached hydrogen (secondary N) is 1. The molecule has 20 heavy (non-hydrogen) atoms. The monoisotopic (exact) mass is 300 g/mol. The smallest absolute Gasteiger partial charge is 0.224 e. The van der Waals surface area contributed by atoms with Gasteiger partial charge in [-0.1, -0.05) is 31.9 Å². The van der Waals surface area contributed by atoms with Gasteiger partial charge in [-0.3, -0.25) is 4.79 Å². The Bertz CT molecular complexity index is 382. The van der Waals surface area contributed by atoms with Gasteiger partial charge in [-0.05, 0) is 24.1 Å². The van der Waals surface area contributed by atoms with Crippen molar-refractivity contribution < 1.29 is 9.53 Å². The topological polar surface area (TPSA) is 64.3 Å². The molecule has 0 bridgehead atoms. The molecule has 5 heteroatoms. The lowest BCUT2D eigenvalue weighted by molar-refractivity contribution is -0.121. The quantitative estimate of drug-likeness (QED) is 0.725. The molecule has 1 atom stereocenters. The highest BCUT2D eigenvalue weighted by Crippen LogP contribution is 2.07. The molecule has 0 aliphatic carbocycles. The van der Waals surface area contributed by atoms with Crippen LogP contribution in [0.2, 0.25) is 0 Å². The van der Waals surface area contributed by atoms with Crippen molar-refractivity contribution in [2.24, 2.45) is 0 Å². The van der Waals surface area contributed by atoms with E-state index in [0.717, 1.165) is 24.8 Å². The zero-order valence-electron chi connectivity index (χ0n) is 12.2. The maximum absolute atomic E-state index is 11.9. The zero-order chi connectivity index (χ0) is 14.1. The van der Waals surface area contributed by atoms with Gasteiger partial charge >= 0.3 is 0 Å². The summed E-state index contributed by atoms with van der Waals surface area (Å²) in [7, 11) is 1.66. The summed E-state index contributed by atoms with van der Waals surface area (Å²) in [6, 6.07) is 7.49. The largest absolute Gasteiger partial charge is 0.399 e. The predicted octanol–water partition coefficient (Wildman–Crippen LogP) is 2.55. The molecule has 1 amide bonds. The second-order valence-electron chi connectivity index (χ2n) is 4.78. The summed E-state index contributed by atoms with van der Waals surface area (Å²) < 4.78 is 5.14. The van der Waals surface area contributed by atoms with Crippen molar-refractivity contribution in [2.45, 2.75) is 38.6 Å². The van der Waals surface area contributed by atoms with Crippen LogP contribution < -0.4 is 11.1 Å². The second-order valence-corrected chi connectivity index (χ2v) is 4.78. The van der Waals surface area contributed by atoms with Crippen LogP contribution in [-0.4, -0.2) is 25.7 Å². The lowest BCUT2D eigenvalue weighted by atomic mass is 10.1. The van der Waals surface area contributed by atoms with Crippen LogP contribution in [-0.2, 0) is 16.0 Å². The minimum atomic E-state index is 0. The van der Waals surface area contributed by atoms with Gasteiger partial charge in [-0.2, -0.15) is 0 Å². The van der Waals surface area contributed by atoms with E-state index in [-0.39, 0.29) is 24.4 Å². The first-order valence-electron chi connectivity index (χ1n) is 6.78. The number of carbonyl (C=O) groups excluding carboxylic acids is 1. The zero-order valence-corrected chi connectivity index (χ0v) is 13.0. The van der Waals surface area contributed by atoms with E-state index in [0.29, 0.717) is 18.7 Å². The van der Waals surface area contributed by atoms with Gasteiger partial charge < -0.3 is 15.8 Å². The third-order valence-electron chi connectivity index (χ3n) is 2.98. The van der Waals surface area contributed by atoms with Crippen LogP contribution in [0, 0.1) is 0 Å². The van der Waals surface area contributed by atoms with Crippen LogP contribution >= 0.6 is 12.4 Å². The third-order valence-corrected chi connectivity index (χ3v) is 2.98. The number of hydrogen-bond acceptors (Lipinski definition) is 3. The molecule has 0 aliphatic rings. The summed E-state index contributed by atoms with van der Waals surface area (Å²) in [5, 5.41) is 3.02. The maximum Gasteiger partial charge on any atom is 0.224 e. The van der Waals surface area contributed by atoms with E-state index in [9.17, 15) is 4.79 Å². The number of methoxy groups -OCH3 is 1. The molecular formula is C15H25ClN2O2. The Balaban J connectivity index is 0.00000361. The number of carbonyl (C=O) groups is 1. The summed E-state index contributed by atoms with van der Waals surface area (Å²) in [5.74, 6) is 0.0305. The van der Waals surface area contributed by atoms with Crippen LogP contribution in [0.5, 0.6) is 0 Å². The van der Waals surface area contributed by atoms with Gasteiger partial charge in [-0.25, -0.2) is 0 Å². The van der Waals surface area contributed by atoms with Gasteiger partial charge in [0, 0.05) is 12.8 Å². The number of rotatable bonds is 8. The number of halogens is 1. The molecule has 0 heterocycles. The number of anilines is 1. The third kappa shape index (κ3) is 7.36. The van der Waals surface area contributed by atoms with Gasteiger partial charge in [0.25, 0.3) is 0 Å². The maximum atomic E-state index is 11.9. The van der Waals surface area contributed by atoms with Crippen molar-refractivity contribution in [1.29, 1.82) is 0 Å². The number of unbranched alkanes of at least 4 members (excludes halogenated alkanes) is 1. The molecule has 1 aromatic carbocycles. The number of ether oxygens (including phenoxy) is 1. The van der Waals surface area contributed by atoms with Gasteiger partial charge in [0.15, 0.2) is 0 Å². The molecule has 0 fully saturated rings. The Hall–Kier alpha value is -1.26. The molecule has 4 nitrogen and oxygen atoms in total. The fraction of sp³-hybridized carbons (Fsp3) is 0.533. The molecule has 1 aromatic rings. The first kappa shape index (κ1) is 18.7. The van der Waals surface area contributed by atoms with Crippen molar-refractivity contribution in [3.05, 3.63) is 29.8 Å². The second kappa shape index (κ2) is 10.5. The Morgan fingerprint density at radius 1 is 1.35 bits per heavy atom. The van der Waals surface area contributed by atoms with Gasteiger partial charge in [0.05, 0.1) is 19.1 Å². The number of hydrogen-bond donors (Lipinski definition) is 2. The standard InChI is InChI=1S/C15H24N2O2.ClH/c1-3-4-5-14(11-19-2)17-15(18)10-12-6-8-13(16)9-7-12;/h6-9,14H,3-5,10-11,16H2,1-2H3,(H,17,18);1H. The first-order valence-corrected chi connectivity index (χ1v) is 6.78. The summed E-state index contributed by atoms with van der Waals surface area (Å²) >= 11 is 0. The highest BCUT2D eigenvalue weighted by molar-refractivity contribution is 5.85. The summed E-state index contributed by atoms with van der Waals surface area (Å²) in [6.07, 6.45) is 3.55. The van der Waals surface area contributed by atoms with E-state index in [1.165, 1.54) is 0 Å². The Morgan fingerprint density at radius 2 is 2.00 bits per heavy atom. The SMILES string of the molecule is CCCCC(COC)NC(=O)Cc1ccc(N)cc1.Cl. The van der Waals surface area contributed by atoms with Crippen LogP contribution in [0.3, 0.4) is 0 Å². The Kier molecular flexibility index (Phi) is 9.86. The van der Waals surface area contributed by atoms with E-state index in [4.69, 9.17) is 10.5 Å². The Labute approximate surface area is 127 Å². The number of nitrogen functional groups attached to an aromatic ring is 1. The van der Waals surface area contributed by atoms with E-state index in [1.54, 1.807) is 7.11 Å². The molecule has 0 saturated heterocycles. The molecule has 0 aromatic heterocycles. The summed E-state index contributed by atoms with van der Waals surface area (Å²) in [5.41, 5.74) is 7.30. The first-order chi connectivity index (χ1) is 9.15. The molecule has 114 valence electrons. The minimum Gasteiger partial charge on any atom is -0.399 e. The normalized spacial score (nSPS) is 11.5.